The SMILES string of the molecule is CC1(C)CNC(C)(C)C(NO)=N1. The summed E-state index contributed by atoms with van der Waals surface area (Å²) in [5.41, 5.74) is 1.74. The Labute approximate surface area is 73.0 Å². The summed E-state index contributed by atoms with van der Waals surface area (Å²) in [6, 6.07) is 0. The zero-order valence-corrected chi connectivity index (χ0v) is 8.10. The van der Waals surface area contributed by atoms with Crippen LogP contribution in [0.1, 0.15) is 27.7 Å². The molecule has 1 aliphatic rings. The molecule has 0 aromatic rings. The Morgan fingerprint density at radius 3 is 2.42 bits per heavy atom. The van der Waals surface area contributed by atoms with Crippen LogP contribution in [0.5, 0.6) is 0 Å². The maximum absolute atomic E-state index is 8.84. The van der Waals surface area contributed by atoms with Crippen LogP contribution in [0.3, 0.4) is 0 Å². The zero-order valence-electron chi connectivity index (χ0n) is 8.10. The molecule has 4 nitrogen and oxygen atoms in total. The Morgan fingerprint density at radius 2 is 2.00 bits per heavy atom. The van der Waals surface area contributed by atoms with Crippen LogP contribution >= 0.6 is 0 Å². The molecular formula is C8H17N3O. The maximum Gasteiger partial charge on any atom is 0.141 e. The first kappa shape index (κ1) is 9.48. The third kappa shape index (κ3) is 1.76. The molecule has 0 atom stereocenters. The molecule has 3 N–H and O–H groups in total. The third-order valence-corrected chi connectivity index (χ3v) is 2.08. The van der Waals surface area contributed by atoms with Crippen molar-refractivity contribution < 1.29 is 5.21 Å². The Hall–Kier alpha value is -0.610. The van der Waals surface area contributed by atoms with Gasteiger partial charge in [0, 0.05) is 6.54 Å². The van der Waals surface area contributed by atoms with Gasteiger partial charge < -0.3 is 5.32 Å². The fraction of sp³-hybridized carbons (Fsp3) is 0.875. The monoisotopic (exact) mass is 171 g/mol. The number of hydrogen-bond donors (Lipinski definition) is 3. The van der Waals surface area contributed by atoms with Crippen LogP contribution in [0.15, 0.2) is 4.99 Å². The molecule has 0 amide bonds. The first-order valence-corrected chi connectivity index (χ1v) is 4.13. The molecule has 0 aromatic carbocycles. The molecule has 0 spiro atoms. The molecule has 1 aliphatic heterocycles. The van der Waals surface area contributed by atoms with Gasteiger partial charge in [0.15, 0.2) is 0 Å². The minimum absolute atomic E-state index is 0.138. The van der Waals surface area contributed by atoms with Gasteiger partial charge in [0.2, 0.25) is 0 Å². The fourth-order valence-corrected chi connectivity index (χ4v) is 1.17. The molecule has 0 radical (unpaired) electrons. The number of amidine groups is 1. The van der Waals surface area contributed by atoms with Crippen LogP contribution < -0.4 is 10.8 Å². The molecule has 0 bridgehead atoms. The third-order valence-electron chi connectivity index (χ3n) is 2.08. The highest BCUT2D eigenvalue weighted by Gasteiger charge is 2.33. The van der Waals surface area contributed by atoms with Gasteiger partial charge in [-0.15, -0.1) is 0 Å². The summed E-state index contributed by atoms with van der Waals surface area (Å²) >= 11 is 0. The Balaban J connectivity index is 2.93. The van der Waals surface area contributed by atoms with E-state index < -0.39 is 0 Å². The summed E-state index contributed by atoms with van der Waals surface area (Å²) in [4.78, 5) is 4.38. The number of nitrogens with zero attached hydrogens (tertiary/aromatic N) is 1. The van der Waals surface area contributed by atoms with Gasteiger partial charge in [0.25, 0.3) is 0 Å². The molecule has 70 valence electrons. The van der Waals surface area contributed by atoms with Gasteiger partial charge in [-0.2, -0.15) is 0 Å². The van der Waals surface area contributed by atoms with Gasteiger partial charge in [0.05, 0.1) is 11.1 Å². The Bertz CT molecular complexity index is 208. The van der Waals surface area contributed by atoms with E-state index in [4.69, 9.17) is 5.21 Å². The average Bonchev–Trinajstić information content (AvgIpc) is 1.95. The van der Waals surface area contributed by atoms with Crippen molar-refractivity contribution in [3.8, 4) is 0 Å². The van der Waals surface area contributed by atoms with Crippen molar-refractivity contribution >= 4 is 5.84 Å². The number of hydrogen-bond acceptors (Lipinski definition) is 4. The van der Waals surface area contributed by atoms with E-state index in [1.54, 1.807) is 0 Å². The molecule has 0 fully saturated rings. The summed E-state index contributed by atoms with van der Waals surface area (Å²) in [6.45, 7) is 8.82. The Morgan fingerprint density at radius 1 is 1.42 bits per heavy atom. The molecular weight excluding hydrogens is 154 g/mol. The molecule has 0 aromatic heterocycles. The lowest BCUT2D eigenvalue weighted by molar-refractivity contribution is 0.213. The zero-order chi connectivity index (χ0) is 9.41. The summed E-state index contributed by atoms with van der Waals surface area (Å²) in [5, 5.41) is 12.1. The molecule has 12 heavy (non-hydrogen) atoms. The van der Waals surface area contributed by atoms with Gasteiger partial charge >= 0.3 is 0 Å². The molecule has 0 saturated carbocycles. The van der Waals surface area contributed by atoms with Crippen molar-refractivity contribution in [3.63, 3.8) is 0 Å². The van der Waals surface area contributed by atoms with E-state index in [1.807, 2.05) is 27.7 Å². The molecule has 0 aliphatic carbocycles. The second kappa shape index (κ2) is 2.71. The van der Waals surface area contributed by atoms with Crippen LogP contribution in [0.4, 0.5) is 0 Å². The second-order valence-corrected chi connectivity index (χ2v) is 4.36. The first-order valence-electron chi connectivity index (χ1n) is 4.13. The van der Waals surface area contributed by atoms with Crippen molar-refractivity contribution in [1.29, 1.82) is 0 Å². The quantitative estimate of drug-likeness (QED) is 0.466. The lowest BCUT2D eigenvalue weighted by atomic mass is 9.95. The van der Waals surface area contributed by atoms with E-state index >= 15 is 0 Å². The van der Waals surface area contributed by atoms with Gasteiger partial charge in [-0.05, 0) is 27.7 Å². The van der Waals surface area contributed by atoms with Crippen LogP contribution in [0, 0.1) is 0 Å². The molecule has 4 heteroatoms. The highest BCUT2D eigenvalue weighted by Crippen LogP contribution is 2.18. The van der Waals surface area contributed by atoms with E-state index in [1.165, 1.54) is 0 Å². The topological polar surface area (TPSA) is 56.6 Å². The van der Waals surface area contributed by atoms with Crippen molar-refractivity contribution in [3.05, 3.63) is 0 Å². The number of hydroxylamine groups is 1. The second-order valence-electron chi connectivity index (χ2n) is 4.36. The van der Waals surface area contributed by atoms with E-state index in [0.29, 0.717) is 5.84 Å². The predicted octanol–water partition coefficient (Wildman–Crippen LogP) is 0.524. The van der Waals surface area contributed by atoms with E-state index in [0.717, 1.165) is 6.54 Å². The van der Waals surface area contributed by atoms with Gasteiger partial charge in [-0.3, -0.25) is 15.7 Å². The standard InChI is InChI=1S/C8H17N3O/c1-7(2)5-9-8(3,4)6(10-7)11-12/h9,12H,5H2,1-4H3,(H,10,11). The fourth-order valence-electron chi connectivity index (χ4n) is 1.17. The van der Waals surface area contributed by atoms with Crippen LogP contribution in [0.2, 0.25) is 0 Å². The summed E-state index contributed by atoms with van der Waals surface area (Å²) in [5.74, 6) is 0.596. The van der Waals surface area contributed by atoms with Gasteiger partial charge in [-0.25, -0.2) is 0 Å². The molecule has 0 saturated heterocycles. The van der Waals surface area contributed by atoms with Crippen molar-refractivity contribution in [2.75, 3.05) is 6.54 Å². The number of aliphatic imine (C=N–C) groups is 1. The lowest BCUT2D eigenvalue weighted by Crippen LogP contribution is -2.60. The van der Waals surface area contributed by atoms with Crippen molar-refractivity contribution in [2.24, 2.45) is 4.99 Å². The van der Waals surface area contributed by atoms with E-state index in [2.05, 4.69) is 15.8 Å². The smallest absolute Gasteiger partial charge is 0.141 e. The van der Waals surface area contributed by atoms with E-state index in [9.17, 15) is 0 Å². The summed E-state index contributed by atoms with van der Waals surface area (Å²) in [7, 11) is 0. The largest absolute Gasteiger partial charge is 0.303 e. The minimum Gasteiger partial charge on any atom is -0.303 e. The summed E-state index contributed by atoms with van der Waals surface area (Å²) < 4.78 is 0. The molecule has 1 heterocycles. The Kier molecular flexibility index (Phi) is 2.14. The van der Waals surface area contributed by atoms with E-state index in [-0.39, 0.29) is 11.1 Å². The van der Waals surface area contributed by atoms with Crippen LogP contribution in [-0.4, -0.2) is 28.7 Å². The number of rotatable bonds is 0. The summed E-state index contributed by atoms with van der Waals surface area (Å²) in [6.07, 6.45) is 0. The van der Waals surface area contributed by atoms with Crippen molar-refractivity contribution in [1.82, 2.24) is 10.8 Å². The van der Waals surface area contributed by atoms with Gasteiger partial charge in [0.1, 0.15) is 5.84 Å². The normalized spacial score (nSPS) is 26.2. The highest BCUT2D eigenvalue weighted by molar-refractivity contribution is 5.90. The van der Waals surface area contributed by atoms with Crippen molar-refractivity contribution in [2.45, 2.75) is 38.8 Å². The van der Waals surface area contributed by atoms with Crippen LogP contribution in [0.25, 0.3) is 0 Å². The maximum atomic E-state index is 8.84. The van der Waals surface area contributed by atoms with Crippen LogP contribution in [-0.2, 0) is 0 Å². The minimum atomic E-state index is -0.260. The van der Waals surface area contributed by atoms with Gasteiger partial charge in [-0.1, -0.05) is 0 Å². The lowest BCUT2D eigenvalue weighted by Gasteiger charge is -2.37. The highest BCUT2D eigenvalue weighted by atomic mass is 16.5. The first-order chi connectivity index (χ1) is 5.37. The average molecular weight is 171 g/mol. The number of nitrogens with one attached hydrogen (secondary N) is 2. The predicted molar refractivity (Wildman–Crippen MR) is 48.5 cm³/mol. The molecule has 0 unspecified atom stereocenters. The molecule has 1 rings (SSSR count).